The van der Waals surface area contributed by atoms with E-state index in [-0.39, 0.29) is 30.2 Å². The van der Waals surface area contributed by atoms with E-state index < -0.39 is 5.60 Å². The molecule has 2 aliphatic rings. The number of carbonyl (C=O) groups is 2. The van der Waals surface area contributed by atoms with E-state index in [0.29, 0.717) is 12.8 Å². The van der Waals surface area contributed by atoms with Crippen LogP contribution in [-0.4, -0.2) is 28.6 Å². The van der Waals surface area contributed by atoms with Crippen molar-refractivity contribution in [3.05, 3.63) is 0 Å². The molecule has 0 bridgehead atoms. The third-order valence-electron chi connectivity index (χ3n) is 4.75. The Hall–Kier alpha value is -1.10. The zero-order chi connectivity index (χ0) is 14.6. The molecule has 20 heavy (non-hydrogen) atoms. The summed E-state index contributed by atoms with van der Waals surface area (Å²) in [6, 6.07) is -0.152. The molecule has 0 aliphatic heterocycles. The van der Waals surface area contributed by atoms with Gasteiger partial charge in [0.05, 0.1) is 17.9 Å². The first-order valence-corrected chi connectivity index (χ1v) is 7.81. The van der Waals surface area contributed by atoms with Crippen LogP contribution in [0.15, 0.2) is 0 Å². The van der Waals surface area contributed by atoms with Crippen LogP contribution in [-0.2, 0) is 9.59 Å². The highest BCUT2D eigenvalue weighted by Crippen LogP contribution is 2.31. The number of hydrogen-bond donors (Lipinski definition) is 3. The molecule has 2 saturated carbocycles. The van der Waals surface area contributed by atoms with Gasteiger partial charge in [0.2, 0.25) is 11.8 Å². The molecular formula is C15H26N2O3. The van der Waals surface area contributed by atoms with Gasteiger partial charge in [-0.25, -0.2) is 0 Å². The fourth-order valence-electron chi connectivity index (χ4n) is 3.59. The van der Waals surface area contributed by atoms with Crippen molar-refractivity contribution >= 4 is 11.8 Å². The van der Waals surface area contributed by atoms with Gasteiger partial charge in [-0.05, 0) is 25.7 Å². The van der Waals surface area contributed by atoms with Gasteiger partial charge in [0, 0.05) is 6.04 Å². The second-order valence-corrected chi connectivity index (χ2v) is 6.43. The molecule has 5 heteroatoms. The van der Waals surface area contributed by atoms with E-state index in [4.69, 9.17) is 5.73 Å². The average molecular weight is 282 g/mol. The fourth-order valence-corrected chi connectivity index (χ4v) is 3.59. The first-order chi connectivity index (χ1) is 9.50. The number of amides is 2. The van der Waals surface area contributed by atoms with E-state index in [1.807, 2.05) is 0 Å². The van der Waals surface area contributed by atoms with Gasteiger partial charge < -0.3 is 16.2 Å². The third kappa shape index (κ3) is 3.95. The summed E-state index contributed by atoms with van der Waals surface area (Å²) in [5.74, 6) is -0.729. The number of aliphatic hydroxyl groups is 1. The number of nitrogens with one attached hydrogen (secondary N) is 1. The minimum atomic E-state index is -0.848. The molecule has 2 fully saturated rings. The molecule has 0 saturated heterocycles. The molecular weight excluding hydrogens is 256 g/mol. The van der Waals surface area contributed by atoms with Gasteiger partial charge in [0.25, 0.3) is 0 Å². The van der Waals surface area contributed by atoms with Crippen LogP contribution in [0, 0.1) is 5.92 Å². The maximum absolute atomic E-state index is 12.1. The molecule has 0 radical (unpaired) electrons. The summed E-state index contributed by atoms with van der Waals surface area (Å²) in [6.45, 7) is 0. The lowest BCUT2D eigenvalue weighted by atomic mass is 9.81. The average Bonchev–Trinajstić information content (AvgIpc) is 2.39. The van der Waals surface area contributed by atoms with Gasteiger partial charge in [-0.2, -0.15) is 0 Å². The Morgan fingerprint density at radius 1 is 1.10 bits per heavy atom. The largest absolute Gasteiger partial charge is 0.389 e. The minimum absolute atomic E-state index is 0.146. The number of carbonyl (C=O) groups excluding carboxylic acids is 2. The highest BCUT2D eigenvalue weighted by atomic mass is 16.3. The SMILES string of the molecule is NC(=O)C1CCCCC1NC(=O)CC1(O)CCCCC1. The summed E-state index contributed by atoms with van der Waals surface area (Å²) in [4.78, 5) is 23.6. The second-order valence-electron chi connectivity index (χ2n) is 6.43. The van der Waals surface area contributed by atoms with Crippen molar-refractivity contribution in [3.63, 3.8) is 0 Å². The first kappa shape index (κ1) is 15.3. The molecule has 2 unspecified atom stereocenters. The monoisotopic (exact) mass is 282 g/mol. The Labute approximate surface area is 120 Å². The van der Waals surface area contributed by atoms with Crippen LogP contribution < -0.4 is 11.1 Å². The van der Waals surface area contributed by atoms with Crippen molar-refractivity contribution in [2.24, 2.45) is 11.7 Å². The van der Waals surface area contributed by atoms with Crippen molar-refractivity contribution < 1.29 is 14.7 Å². The predicted molar refractivity (Wildman–Crippen MR) is 75.7 cm³/mol. The van der Waals surface area contributed by atoms with Gasteiger partial charge in [-0.3, -0.25) is 9.59 Å². The van der Waals surface area contributed by atoms with Gasteiger partial charge in [-0.15, -0.1) is 0 Å². The van der Waals surface area contributed by atoms with Gasteiger partial charge in [0.15, 0.2) is 0 Å². The fraction of sp³-hybridized carbons (Fsp3) is 0.867. The molecule has 5 nitrogen and oxygen atoms in total. The summed E-state index contributed by atoms with van der Waals surface area (Å²) >= 11 is 0. The van der Waals surface area contributed by atoms with Crippen LogP contribution in [0.4, 0.5) is 0 Å². The number of rotatable bonds is 4. The summed E-state index contributed by atoms with van der Waals surface area (Å²) in [5.41, 5.74) is 4.56. The normalized spacial score (nSPS) is 29.6. The van der Waals surface area contributed by atoms with E-state index in [1.165, 1.54) is 0 Å². The molecule has 0 spiro atoms. The Bertz CT molecular complexity index is 364. The van der Waals surface area contributed by atoms with Crippen molar-refractivity contribution in [3.8, 4) is 0 Å². The lowest BCUT2D eigenvalue weighted by Crippen LogP contribution is -2.49. The Morgan fingerprint density at radius 2 is 1.75 bits per heavy atom. The van der Waals surface area contributed by atoms with Gasteiger partial charge in [-0.1, -0.05) is 32.1 Å². The molecule has 0 aromatic carbocycles. The Kier molecular flexibility index (Phi) is 5.02. The van der Waals surface area contributed by atoms with Gasteiger partial charge >= 0.3 is 0 Å². The highest BCUT2D eigenvalue weighted by Gasteiger charge is 2.35. The zero-order valence-electron chi connectivity index (χ0n) is 12.1. The molecule has 114 valence electrons. The molecule has 2 aliphatic carbocycles. The maximum atomic E-state index is 12.1. The third-order valence-corrected chi connectivity index (χ3v) is 4.75. The summed E-state index contributed by atoms with van der Waals surface area (Å²) in [7, 11) is 0. The summed E-state index contributed by atoms with van der Waals surface area (Å²) in [5, 5.41) is 13.3. The first-order valence-electron chi connectivity index (χ1n) is 7.81. The molecule has 0 aromatic heterocycles. The van der Waals surface area contributed by atoms with E-state index in [9.17, 15) is 14.7 Å². The van der Waals surface area contributed by atoms with Crippen LogP contribution in [0.5, 0.6) is 0 Å². The summed E-state index contributed by atoms with van der Waals surface area (Å²) < 4.78 is 0. The number of hydrogen-bond acceptors (Lipinski definition) is 3. The maximum Gasteiger partial charge on any atom is 0.223 e. The van der Waals surface area contributed by atoms with E-state index in [0.717, 1.165) is 44.9 Å². The topological polar surface area (TPSA) is 92.4 Å². The van der Waals surface area contributed by atoms with Crippen LogP contribution in [0.1, 0.15) is 64.2 Å². The van der Waals surface area contributed by atoms with Gasteiger partial charge in [0.1, 0.15) is 0 Å². The van der Waals surface area contributed by atoms with Crippen LogP contribution in [0.3, 0.4) is 0 Å². The molecule has 0 aromatic rings. The Balaban J connectivity index is 1.87. The quantitative estimate of drug-likeness (QED) is 0.724. The molecule has 0 heterocycles. The molecule has 2 rings (SSSR count). The van der Waals surface area contributed by atoms with Crippen LogP contribution in [0.2, 0.25) is 0 Å². The minimum Gasteiger partial charge on any atom is -0.389 e. The van der Waals surface area contributed by atoms with Crippen molar-refractivity contribution in [2.45, 2.75) is 75.9 Å². The summed E-state index contributed by atoms with van der Waals surface area (Å²) in [6.07, 6.45) is 8.21. The standard InChI is InChI=1S/C15H26N2O3/c16-14(19)11-6-2-3-7-12(11)17-13(18)10-15(20)8-4-1-5-9-15/h11-12,20H,1-10H2,(H2,16,19)(H,17,18). The van der Waals surface area contributed by atoms with E-state index >= 15 is 0 Å². The Morgan fingerprint density at radius 3 is 2.40 bits per heavy atom. The lowest BCUT2D eigenvalue weighted by molar-refractivity contribution is -0.130. The van der Waals surface area contributed by atoms with Crippen LogP contribution in [0.25, 0.3) is 0 Å². The van der Waals surface area contributed by atoms with E-state index in [1.54, 1.807) is 0 Å². The number of nitrogens with two attached hydrogens (primary N) is 1. The molecule has 4 N–H and O–H groups in total. The van der Waals surface area contributed by atoms with Crippen molar-refractivity contribution in [1.82, 2.24) is 5.32 Å². The second kappa shape index (κ2) is 6.57. The molecule has 2 atom stereocenters. The predicted octanol–water partition coefficient (Wildman–Crippen LogP) is 1.23. The van der Waals surface area contributed by atoms with E-state index in [2.05, 4.69) is 5.32 Å². The van der Waals surface area contributed by atoms with Crippen molar-refractivity contribution in [1.29, 1.82) is 0 Å². The highest BCUT2D eigenvalue weighted by molar-refractivity contribution is 5.81. The lowest BCUT2D eigenvalue weighted by Gasteiger charge is -2.34. The zero-order valence-corrected chi connectivity index (χ0v) is 12.1. The number of primary amides is 1. The van der Waals surface area contributed by atoms with Crippen molar-refractivity contribution in [2.75, 3.05) is 0 Å². The van der Waals surface area contributed by atoms with Crippen LogP contribution >= 0.6 is 0 Å². The molecule has 2 amide bonds. The smallest absolute Gasteiger partial charge is 0.223 e.